The van der Waals surface area contributed by atoms with Gasteiger partial charge in [-0.15, -0.1) is 0 Å². The van der Waals surface area contributed by atoms with Crippen molar-refractivity contribution in [3.05, 3.63) is 29.3 Å². The second kappa shape index (κ2) is 7.80. The predicted octanol–water partition coefficient (Wildman–Crippen LogP) is 2.28. The van der Waals surface area contributed by atoms with Gasteiger partial charge in [-0.1, -0.05) is 24.1 Å². The molecule has 2 N–H and O–H groups in total. The van der Waals surface area contributed by atoms with E-state index in [0.29, 0.717) is 23.8 Å². The Labute approximate surface area is 135 Å². The standard InChI is InChI=1S/C14H20ClN3O3S/c15-12-5-4-6-13(11-12)17-14(19)16-7-10-22(20,21)18-8-2-1-3-9-18/h4-6,11H,1-3,7-10H2,(H2,16,17,19). The van der Waals surface area contributed by atoms with Gasteiger partial charge in [-0.2, -0.15) is 0 Å². The first-order chi connectivity index (χ1) is 10.5. The first-order valence-electron chi connectivity index (χ1n) is 7.26. The van der Waals surface area contributed by atoms with E-state index in [4.69, 9.17) is 11.6 Å². The summed E-state index contributed by atoms with van der Waals surface area (Å²) in [6, 6.07) is 6.30. The zero-order valence-electron chi connectivity index (χ0n) is 12.2. The minimum atomic E-state index is -3.29. The molecule has 22 heavy (non-hydrogen) atoms. The first-order valence-corrected chi connectivity index (χ1v) is 9.24. The molecule has 1 aromatic rings. The number of hydrogen-bond donors (Lipinski definition) is 2. The van der Waals surface area contributed by atoms with Crippen LogP contribution in [0.4, 0.5) is 10.5 Å². The molecule has 0 atom stereocenters. The molecule has 1 fully saturated rings. The number of hydrogen-bond acceptors (Lipinski definition) is 3. The third-order valence-electron chi connectivity index (χ3n) is 3.44. The van der Waals surface area contributed by atoms with Gasteiger partial charge < -0.3 is 10.6 Å². The van der Waals surface area contributed by atoms with Crippen LogP contribution >= 0.6 is 11.6 Å². The molecule has 0 bridgehead atoms. The summed E-state index contributed by atoms with van der Waals surface area (Å²) < 4.78 is 25.7. The summed E-state index contributed by atoms with van der Waals surface area (Å²) in [5.41, 5.74) is 0.559. The van der Waals surface area contributed by atoms with E-state index in [1.54, 1.807) is 24.3 Å². The third kappa shape index (κ3) is 5.15. The maximum absolute atomic E-state index is 12.1. The highest BCUT2D eigenvalue weighted by molar-refractivity contribution is 7.89. The molecule has 0 radical (unpaired) electrons. The average molecular weight is 346 g/mol. The molecule has 0 aliphatic carbocycles. The van der Waals surface area contributed by atoms with Crippen LogP contribution in [0.1, 0.15) is 19.3 Å². The van der Waals surface area contributed by atoms with Crippen molar-refractivity contribution in [2.45, 2.75) is 19.3 Å². The van der Waals surface area contributed by atoms with Gasteiger partial charge in [-0.25, -0.2) is 17.5 Å². The quantitative estimate of drug-likeness (QED) is 0.859. The Balaban J connectivity index is 1.76. The molecule has 1 heterocycles. The molecule has 1 saturated heterocycles. The van der Waals surface area contributed by atoms with Crippen LogP contribution in [0.2, 0.25) is 5.02 Å². The molecular weight excluding hydrogens is 326 g/mol. The van der Waals surface area contributed by atoms with Crippen LogP contribution < -0.4 is 10.6 Å². The highest BCUT2D eigenvalue weighted by Crippen LogP contribution is 2.15. The van der Waals surface area contributed by atoms with Crippen molar-refractivity contribution in [2.75, 3.05) is 30.7 Å². The molecule has 1 aliphatic heterocycles. The van der Waals surface area contributed by atoms with E-state index in [1.165, 1.54) is 4.31 Å². The number of nitrogens with one attached hydrogen (secondary N) is 2. The van der Waals surface area contributed by atoms with Crippen molar-refractivity contribution in [1.82, 2.24) is 9.62 Å². The second-order valence-corrected chi connectivity index (χ2v) is 7.69. The number of carbonyl (C=O) groups is 1. The SMILES string of the molecule is O=C(NCCS(=O)(=O)N1CCCCC1)Nc1cccc(Cl)c1. The summed E-state index contributed by atoms with van der Waals surface area (Å²) in [7, 11) is -3.29. The van der Waals surface area contributed by atoms with Crippen LogP contribution in [-0.2, 0) is 10.0 Å². The molecule has 6 nitrogen and oxygen atoms in total. The lowest BCUT2D eigenvalue weighted by Crippen LogP contribution is -2.41. The van der Waals surface area contributed by atoms with Gasteiger partial charge in [0.15, 0.2) is 0 Å². The topological polar surface area (TPSA) is 78.5 Å². The number of nitrogens with zero attached hydrogens (tertiary/aromatic N) is 1. The molecule has 1 aromatic carbocycles. The van der Waals surface area contributed by atoms with Crippen molar-refractivity contribution in [3.63, 3.8) is 0 Å². The maximum Gasteiger partial charge on any atom is 0.319 e. The summed E-state index contributed by atoms with van der Waals surface area (Å²) in [5, 5.41) is 5.67. The number of halogens is 1. The van der Waals surface area contributed by atoms with Crippen molar-refractivity contribution in [1.29, 1.82) is 0 Å². The molecular formula is C14H20ClN3O3S. The molecule has 1 aliphatic rings. The lowest BCUT2D eigenvalue weighted by Gasteiger charge is -2.25. The zero-order valence-corrected chi connectivity index (χ0v) is 13.8. The van der Waals surface area contributed by atoms with Crippen LogP contribution in [0.15, 0.2) is 24.3 Å². The number of sulfonamides is 1. The molecule has 0 spiro atoms. The van der Waals surface area contributed by atoms with Crippen molar-refractivity contribution >= 4 is 33.3 Å². The normalized spacial score (nSPS) is 16.2. The summed E-state index contributed by atoms with van der Waals surface area (Å²) in [5.74, 6) is -0.0873. The Kier molecular flexibility index (Phi) is 6.05. The number of benzene rings is 1. The van der Waals surface area contributed by atoms with E-state index in [1.807, 2.05) is 0 Å². The van der Waals surface area contributed by atoms with Gasteiger partial charge in [0.05, 0.1) is 5.75 Å². The van der Waals surface area contributed by atoms with E-state index < -0.39 is 16.1 Å². The van der Waals surface area contributed by atoms with Gasteiger partial charge in [0, 0.05) is 30.3 Å². The Morgan fingerprint density at radius 1 is 1.23 bits per heavy atom. The molecule has 0 aromatic heterocycles. The van der Waals surface area contributed by atoms with E-state index in [0.717, 1.165) is 19.3 Å². The third-order valence-corrected chi connectivity index (χ3v) is 5.54. The molecule has 0 saturated carbocycles. The fourth-order valence-electron chi connectivity index (χ4n) is 2.31. The lowest BCUT2D eigenvalue weighted by molar-refractivity contribution is 0.252. The van der Waals surface area contributed by atoms with Gasteiger partial charge in [0.1, 0.15) is 0 Å². The van der Waals surface area contributed by atoms with Crippen LogP contribution in [0.3, 0.4) is 0 Å². The molecule has 122 valence electrons. The first kappa shape index (κ1) is 17.1. The van der Waals surface area contributed by atoms with Gasteiger partial charge in [0.25, 0.3) is 0 Å². The number of amides is 2. The monoisotopic (exact) mass is 345 g/mol. The fourth-order valence-corrected chi connectivity index (χ4v) is 3.93. The second-order valence-electron chi connectivity index (χ2n) is 5.17. The van der Waals surface area contributed by atoms with Crippen molar-refractivity contribution < 1.29 is 13.2 Å². The Hall–Kier alpha value is -1.31. The Morgan fingerprint density at radius 2 is 1.95 bits per heavy atom. The Morgan fingerprint density at radius 3 is 2.64 bits per heavy atom. The summed E-state index contributed by atoms with van der Waals surface area (Å²) in [4.78, 5) is 11.7. The number of piperidine rings is 1. The lowest BCUT2D eigenvalue weighted by atomic mass is 10.2. The maximum atomic E-state index is 12.1. The molecule has 8 heteroatoms. The molecule has 2 amide bonds. The number of urea groups is 1. The summed E-state index contributed by atoms with van der Waals surface area (Å²) >= 11 is 5.82. The van der Waals surface area contributed by atoms with Crippen LogP contribution in [-0.4, -0.2) is 44.1 Å². The van der Waals surface area contributed by atoms with E-state index >= 15 is 0 Å². The van der Waals surface area contributed by atoms with Gasteiger partial charge in [-0.05, 0) is 31.0 Å². The van der Waals surface area contributed by atoms with Crippen molar-refractivity contribution in [3.8, 4) is 0 Å². The molecule has 0 unspecified atom stereocenters. The number of anilines is 1. The predicted molar refractivity (Wildman–Crippen MR) is 87.7 cm³/mol. The largest absolute Gasteiger partial charge is 0.337 e. The van der Waals surface area contributed by atoms with Crippen LogP contribution in [0.5, 0.6) is 0 Å². The van der Waals surface area contributed by atoms with Gasteiger partial charge in [-0.3, -0.25) is 0 Å². The minimum absolute atomic E-state index is 0.0746. The van der Waals surface area contributed by atoms with Gasteiger partial charge >= 0.3 is 6.03 Å². The summed E-state index contributed by atoms with van der Waals surface area (Å²) in [6.07, 6.45) is 2.89. The van der Waals surface area contributed by atoms with Crippen molar-refractivity contribution in [2.24, 2.45) is 0 Å². The van der Waals surface area contributed by atoms with Crippen LogP contribution in [0.25, 0.3) is 0 Å². The highest BCUT2D eigenvalue weighted by atomic mass is 35.5. The summed E-state index contributed by atoms with van der Waals surface area (Å²) in [6.45, 7) is 1.24. The van der Waals surface area contributed by atoms with E-state index in [-0.39, 0.29) is 12.3 Å². The zero-order chi connectivity index (χ0) is 16.0. The number of carbonyl (C=O) groups excluding carboxylic acids is 1. The smallest absolute Gasteiger partial charge is 0.319 e. The van der Waals surface area contributed by atoms with E-state index in [2.05, 4.69) is 10.6 Å². The number of rotatable bonds is 5. The average Bonchev–Trinajstić information content (AvgIpc) is 2.48. The fraction of sp³-hybridized carbons (Fsp3) is 0.500. The van der Waals surface area contributed by atoms with Gasteiger partial charge in [0.2, 0.25) is 10.0 Å². The van der Waals surface area contributed by atoms with Crippen LogP contribution in [0, 0.1) is 0 Å². The molecule has 2 rings (SSSR count). The van der Waals surface area contributed by atoms with E-state index in [9.17, 15) is 13.2 Å². The highest BCUT2D eigenvalue weighted by Gasteiger charge is 2.23. The minimum Gasteiger partial charge on any atom is -0.337 e. The Bertz CT molecular complexity index is 616.